The number of amides is 1. The Morgan fingerprint density at radius 3 is 2.56 bits per heavy atom. The van der Waals surface area contributed by atoms with Crippen LogP contribution in [0.3, 0.4) is 0 Å². The lowest BCUT2D eigenvalue weighted by Crippen LogP contribution is -2.47. The molecule has 1 rings (SSSR count). The summed E-state index contributed by atoms with van der Waals surface area (Å²) in [7, 11) is 5.98. The van der Waals surface area contributed by atoms with Crippen LogP contribution in [0.15, 0.2) is 0 Å². The summed E-state index contributed by atoms with van der Waals surface area (Å²) in [4.78, 5) is 16.4. The Morgan fingerprint density at radius 1 is 1.50 bits per heavy atom. The number of nitrogens with one attached hydrogen (secondary N) is 1. The van der Waals surface area contributed by atoms with Crippen LogP contribution < -0.4 is 5.32 Å². The van der Waals surface area contributed by atoms with E-state index in [0.29, 0.717) is 6.04 Å². The molecule has 4 heteroatoms. The highest BCUT2D eigenvalue weighted by molar-refractivity contribution is 5.78. The largest absolute Gasteiger partial charge is 0.342 e. The van der Waals surface area contributed by atoms with Gasteiger partial charge in [0.05, 0.1) is 0 Å². The van der Waals surface area contributed by atoms with Crippen molar-refractivity contribution in [3.63, 3.8) is 0 Å². The van der Waals surface area contributed by atoms with Crippen molar-refractivity contribution >= 4 is 5.91 Å². The molecule has 1 atom stereocenters. The van der Waals surface area contributed by atoms with Crippen LogP contribution in [0.5, 0.6) is 0 Å². The fourth-order valence-electron chi connectivity index (χ4n) is 2.30. The number of piperidine rings is 1. The quantitative estimate of drug-likeness (QED) is 0.755. The van der Waals surface area contributed by atoms with Gasteiger partial charge in [-0.05, 0) is 40.0 Å². The minimum absolute atomic E-state index is 0.0784. The number of likely N-dealkylation sites (tertiary alicyclic amines) is 1. The van der Waals surface area contributed by atoms with Gasteiger partial charge in [0.15, 0.2) is 0 Å². The van der Waals surface area contributed by atoms with Crippen LogP contribution in [0, 0.1) is 5.92 Å². The van der Waals surface area contributed by atoms with E-state index in [0.717, 1.165) is 32.5 Å². The van der Waals surface area contributed by atoms with Crippen LogP contribution in [-0.2, 0) is 4.79 Å². The summed E-state index contributed by atoms with van der Waals surface area (Å²) in [6.45, 7) is 4.95. The van der Waals surface area contributed by atoms with Crippen LogP contribution >= 0.6 is 0 Å². The van der Waals surface area contributed by atoms with Crippen molar-refractivity contribution in [3.8, 4) is 0 Å². The first-order valence-corrected chi connectivity index (χ1v) is 6.16. The van der Waals surface area contributed by atoms with E-state index < -0.39 is 0 Å². The van der Waals surface area contributed by atoms with Crippen molar-refractivity contribution in [2.45, 2.75) is 25.8 Å². The molecule has 0 radical (unpaired) electrons. The Kier molecular flexibility index (Phi) is 5.22. The third-order valence-electron chi connectivity index (χ3n) is 3.52. The zero-order chi connectivity index (χ0) is 12.1. The maximum Gasteiger partial charge on any atom is 0.226 e. The Morgan fingerprint density at radius 2 is 2.06 bits per heavy atom. The molecule has 1 N–H and O–H groups in total. The minimum atomic E-state index is 0.0784. The molecule has 0 bridgehead atoms. The van der Waals surface area contributed by atoms with E-state index in [-0.39, 0.29) is 11.8 Å². The summed E-state index contributed by atoms with van der Waals surface area (Å²) in [5, 5.41) is 3.06. The fraction of sp³-hybridized carbons (Fsp3) is 0.917. The summed E-state index contributed by atoms with van der Waals surface area (Å²) >= 11 is 0. The fourth-order valence-corrected chi connectivity index (χ4v) is 2.30. The third kappa shape index (κ3) is 3.46. The first-order chi connectivity index (χ1) is 7.56. The predicted molar refractivity (Wildman–Crippen MR) is 66.4 cm³/mol. The van der Waals surface area contributed by atoms with Gasteiger partial charge in [0.25, 0.3) is 0 Å². The molecule has 16 heavy (non-hydrogen) atoms. The predicted octanol–water partition coefficient (Wildman–Crippen LogP) is 0.395. The third-order valence-corrected chi connectivity index (χ3v) is 3.52. The van der Waals surface area contributed by atoms with Crippen LogP contribution in [0.4, 0.5) is 0 Å². The Labute approximate surface area is 99.0 Å². The van der Waals surface area contributed by atoms with Gasteiger partial charge in [0.2, 0.25) is 5.91 Å². The number of rotatable bonds is 4. The Balaban J connectivity index is 2.44. The SMILES string of the molecule is CNCC(C)C(=O)N(C)C1CCN(C)CC1. The van der Waals surface area contributed by atoms with E-state index in [1.54, 1.807) is 0 Å². The standard InChI is InChI=1S/C12H25N3O/c1-10(9-13-2)12(16)15(4)11-5-7-14(3)8-6-11/h10-11,13H,5-9H2,1-4H3. The van der Waals surface area contributed by atoms with Gasteiger partial charge < -0.3 is 15.1 Å². The molecular formula is C12H25N3O. The van der Waals surface area contributed by atoms with Gasteiger partial charge in [0, 0.05) is 25.6 Å². The molecule has 1 unspecified atom stereocenters. The van der Waals surface area contributed by atoms with E-state index >= 15 is 0 Å². The summed E-state index contributed by atoms with van der Waals surface area (Å²) < 4.78 is 0. The second-order valence-electron chi connectivity index (χ2n) is 4.94. The van der Waals surface area contributed by atoms with Gasteiger partial charge in [-0.15, -0.1) is 0 Å². The highest BCUT2D eigenvalue weighted by Gasteiger charge is 2.26. The topological polar surface area (TPSA) is 35.6 Å². The van der Waals surface area contributed by atoms with E-state index in [2.05, 4.69) is 17.3 Å². The van der Waals surface area contributed by atoms with Gasteiger partial charge in [-0.2, -0.15) is 0 Å². The zero-order valence-electron chi connectivity index (χ0n) is 11.0. The maximum absolute atomic E-state index is 12.1. The summed E-state index contributed by atoms with van der Waals surface area (Å²) in [5.74, 6) is 0.346. The van der Waals surface area contributed by atoms with Crippen LogP contribution in [0.25, 0.3) is 0 Å². The number of carbonyl (C=O) groups is 1. The van der Waals surface area contributed by atoms with Crippen molar-refractivity contribution in [2.75, 3.05) is 40.8 Å². The van der Waals surface area contributed by atoms with Gasteiger partial charge in [-0.3, -0.25) is 4.79 Å². The van der Waals surface area contributed by atoms with E-state index in [9.17, 15) is 4.79 Å². The first kappa shape index (κ1) is 13.5. The molecule has 0 saturated carbocycles. The number of hydrogen-bond donors (Lipinski definition) is 1. The molecule has 1 fully saturated rings. The van der Waals surface area contributed by atoms with Crippen molar-refractivity contribution in [1.29, 1.82) is 0 Å². The van der Waals surface area contributed by atoms with Crippen molar-refractivity contribution in [3.05, 3.63) is 0 Å². The molecule has 0 aromatic heterocycles. The molecule has 0 spiro atoms. The van der Waals surface area contributed by atoms with Gasteiger partial charge in [-0.25, -0.2) is 0 Å². The molecule has 0 aromatic carbocycles. The van der Waals surface area contributed by atoms with E-state index in [1.165, 1.54) is 0 Å². The molecule has 1 saturated heterocycles. The first-order valence-electron chi connectivity index (χ1n) is 6.16. The lowest BCUT2D eigenvalue weighted by Gasteiger charge is -2.36. The smallest absolute Gasteiger partial charge is 0.226 e. The van der Waals surface area contributed by atoms with E-state index in [1.807, 2.05) is 25.9 Å². The van der Waals surface area contributed by atoms with Gasteiger partial charge in [0.1, 0.15) is 0 Å². The highest BCUT2D eigenvalue weighted by atomic mass is 16.2. The molecule has 1 amide bonds. The van der Waals surface area contributed by atoms with Crippen LogP contribution in [0.2, 0.25) is 0 Å². The Bertz CT molecular complexity index is 224. The molecule has 1 aliphatic rings. The second-order valence-corrected chi connectivity index (χ2v) is 4.94. The summed E-state index contributed by atoms with van der Waals surface area (Å²) in [6.07, 6.45) is 2.20. The molecule has 94 valence electrons. The molecular weight excluding hydrogens is 202 g/mol. The molecule has 0 aliphatic carbocycles. The Hall–Kier alpha value is -0.610. The average molecular weight is 227 g/mol. The van der Waals surface area contributed by atoms with Gasteiger partial charge in [-0.1, -0.05) is 6.92 Å². The highest BCUT2D eigenvalue weighted by Crippen LogP contribution is 2.16. The lowest BCUT2D eigenvalue weighted by molar-refractivity contribution is -0.136. The second kappa shape index (κ2) is 6.21. The number of carbonyl (C=O) groups excluding carboxylic acids is 1. The van der Waals surface area contributed by atoms with E-state index in [4.69, 9.17) is 0 Å². The maximum atomic E-state index is 12.1. The van der Waals surface area contributed by atoms with Crippen molar-refractivity contribution in [1.82, 2.24) is 15.1 Å². The molecule has 1 aliphatic heterocycles. The molecule has 4 nitrogen and oxygen atoms in total. The monoisotopic (exact) mass is 227 g/mol. The minimum Gasteiger partial charge on any atom is -0.342 e. The number of hydrogen-bond acceptors (Lipinski definition) is 3. The lowest BCUT2D eigenvalue weighted by atomic mass is 10.0. The molecule has 0 aromatic rings. The van der Waals surface area contributed by atoms with Crippen LogP contribution in [0.1, 0.15) is 19.8 Å². The zero-order valence-corrected chi connectivity index (χ0v) is 11.0. The van der Waals surface area contributed by atoms with Crippen molar-refractivity contribution < 1.29 is 4.79 Å². The average Bonchev–Trinajstić information content (AvgIpc) is 2.28. The summed E-state index contributed by atoms with van der Waals surface area (Å²) in [5.41, 5.74) is 0. The van der Waals surface area contributed by atoms with Crippen molar-refractivity contribution in [2.24, 2.45) is 5.92 Å². The summed E-state index contributed by atoms with van der Waals surface area (Å²) in [6, 6.07) is 0.433. The van der Waals surface area contributed by atoms with Gasteiger partial charge >= 0.3 is 0 Å². The number of nitrogens with zero attached hydrogens (tertiary/aromatic N) is 2. The molecule has 1 heterocycles. The van der Waals surface area contributed by atoms with Crippen LogP contribution in [-0.4, -0.2) is 62.5 Å². The normalized spacial score (nSPS) is 20.8.